The van der Waals surface area contributed by atoms with Gasteiger partial charge < -0.3 is 0 Å². The number of hydrogen-bond acceptors (Lipinski definition) is 2. The highest BCUT2D eigenvalue weighted by Gasteiger charge is 2.05. The molecule has 0 aliphatic heterocycles. The molecular formula is C13H10OS. The Kier molecular flexibility index (Phi) is 2.88. The third-order valence-corrected chi connectivity index (χ3v) is 2.78. The van der Waals surface area contributed by atoms with Gasteiger partial charge in [-0.3, -0.25) is 4.79 Å². The second-order valence-corrected chi connectivity index (χ2v) is 3.67. The lowest BCUT2D eigenvalue weighted by Crippen LogP contribution is -1.86. The molecule has 0 spiro atoms. The summed E-state index contributed by atoms with van der Waals surface area (Å²) in [6, 6.07) is 15.5. The molecule has 0 bridgehead atoms. The van der Waals surface area contributed by atoms with E-state index < -0.39 is 0 Å². The minimum absolute atomic E-state index is 0.625. The number of thiol groups is 1. The largest absolute Gasteiger partial charge is 0.298 e. The fourth-order valence-electron chi connectivity index (χ4n) is 1.51. The predicted molar refractivity (Wildman–Crippen MR) is 64.5 cm³/mol. The molecule has 0 aliphatic carbocycles. The molecule has 2 heteroatoms. The molecule has 0 N–H and O–H groups in total. The summed E-state index contributed by atoms with van der Waals surface area (Å²) in [6.45, 7) is 0. The number of aldehydes is 1. The van der Waals surface area contributed by atoms with E-state index in [1.54, 1.807) is 6.07 Å². The maximum absolute atomic E-state index is 10.8. The van der Waals surface area contributed by atoms with Crippen LogP contribution in [0.1, 0.15) is 10.4 Å². The Labute approximate surface area is 94.2 Å². The van der Waals surface area contributed by atoms with Crippen LogP contribution in [-0.4, -0.2) is 6.29 Å². The van der Waals surface area contributed by atoms with Gasteiger partial charge in [-0.25, -0.2) is 0 Å². The molecule has 15 heavy (non-hydrogen) atoms. The van der Waals surface area contributed by atoms with Crippen molar-refractivity contribution in [3.8, 4) is 11.1 Å². The topological polar surface area (TPSA) is 17.1 Å². The summed E-state index contributed by atoms with van der Waals surface area (Å²) < 4.78 is 0. The van der Waals surface area contributed by atoms with Crippen molar-refractivity contribution in [3.05, 3.63) is 54.1 Å². The average Bonchev–Trinajstić information content (AvgIpc) is 2.30. The first-order valence-corrected chi connectivity index (χ1v) is 5.10. The summed E-state index contributed by atoms with van der Waals surface area (Å²) in [6.07, 6.45) is 0.828. The number of carbonyl (C=O) groups excluding carboxylic acids is 1. The zero-order chi connectivity index (χ0) is 10.7. The van der Waals surface area contributed by atoms with Crippen molar-refractivity contribution in [1.29, 1.82) is 0 Å². The molecule has 0 heterocycles. The number of carbonyl (C=O) groups is 1. The second-order valence-electron chi connectivity index (χ2n) is 3.23. The van der Waals surface area contributed by atoms with E-state index in [4.69, 9.17) is 0 Å². The second kappa shape index (κ2) is 4.32. The Hall–Kier alpha value is -1.54. The smallest absolute Gasteiger partial charge is 0.151 e. The lowest BCUT2D eigenvalue weighted by atomic mass is 10.0. The van der Waals surface area contributed by atoms with Crippen molar-refractivity contribution in [2.24, 2.45) is 0 Å². The quantitative estimate of drug-likeness (QED) is 0.598. The number of rotatable bonds is 2. The van der Waals surface area contributed by atoms with Crippen molar-refractivity contribution in [3.63, 3.8) is 0 Å². The molecule has 0 amide bonds. The summed E-state index contributed by atoms with van der Waals surface area (Å²) in [5.41, 5.74) is 2.69. The van der Waals surface area contributed by atoms with Gasteiger partial charge in [0.1, 0.15) is 0 Å². The van der Waals surface area contributed by atoms with Gasteiger partial charge in [-0.1, -0.05) is 48.5 Å². The highest BCUT2D eigenvalue weighted by molar-refractivity contribution is 7.80. The molecular weight excluding hydrogens is 204 g/mol. The summed E-state index contributed by atoms with van der Waals surface area (Å²) in [5, 5.41) is 0. The number of hydrogen-bond donors (Lipinski definition) is 1. The Morgan fingerprint density at radius 1 is 0.933 bits per heavy atom. The van der Waals surface area contributed by atoms with Crippen LogP contribution in [0.5, 0.6) is 0 Å². The molecule has 0 radical (unpaired) electrons. The van der Waals surface area contributed by atoms with E-state index in [1.165, 1.54) is 0 Å². The Morgan fingerprint density at radius 3 is 2.33 bits per heavy atom. The molecule has 0 fully saturated rings. The van der Waals surface area contributed by atoms with Crippen LogP contribution in [0.4, 0.5) is 0 Å². The molecule has 0 unspecified atom stereocenters. The standard InChI is InChI=1S/C13H10OS/c14-9-11-7-4-8-12(13(11)15)10-5-2-1-3-6-10/h1-9,15H. The summed E-state index contributed by atoms with van der Waals surface area (Å²) in [5.74, 6) is 0. The normalized spacial score (nSPS) is 9.93. The first kappa shape index (κ1) is 9.99. The van der Waals surface area contributed by atoms with Gasteiger partial charge in [0.05, 0.1) is 0 Å². The first-order valence-electron chi connectivity index (χ1n) is 4.65. The highest BCUT2D eigenvalue weighted by atomic mass is 32.1. The van der Waals surface area contributed by atoms with E-state index in [0.717, 1.165) is 22.3 Å². The van der Waals surface area contributed by atoms with Crippen LogP contribution in [0.15, 0.2) is 53.4 Å². The van der Waals surface area contributed by atoms with Gasteiger partial charge in [0.15, 0.2) is 6.29 Å². The predicted octanol–water partition coefficient (Wildman–Crippen LogP) is 3.45. The fourth-order valence-corrected chi connectivity index (χ4v) is 1.84. The summed E-state index contributed by atoms with van der Waals surface area (Å²) in [4.78, 5) is 11.5. The van der Waals surface area contributed by atoms with Gasteiger partial charge in [0.2, 0.25) is 0 Å². The van der Waals surface area contributed by atoms with Crippen molar-refractivity contribution in [2.75, 3.05) is 0 Å². The third kappa shape index (κ3) is 1.95. The van der Waals surface area contributed by atoms with E-state index in [1.807, 2.05) is 42.5 Å². The maximum Gasteiger partial charge on any atom is 0.151 e. The van der Waals surface area contributed by atoms with Gasteiger partial charge in [0.25, 0.3) is 0 Å². The van der Waals surface area contributed by atoms with Crippen LogP contribution >= 0.6 is 12.6 Å². The lowest BCUT2D eigenvalue weighted by Gasteiger charge is -2.06. The molecule has 2 aromatic rings. The maximum atomic E-state index is 10.8. The average molecular weight is 214 g/mol. The molecule has 2 aromatic carbocycles. The van der Waals surface area contributed by atoms with Crippen molar-refractivity contribution < 1.29 is 4.79 Å². The van der Waals surface area contributed by atoms with Crippen LogP contribution in [-0.2, 0) is 0 Å². The molecule has 0 saturated carbocycles. The van der Waals surface area contributed by atoms with Crippen LogP contribution in [0.3, 0.4) is 0 Å². The van der Waals surface area contributed by atoms with Crippen molar-refractivity contribution in [1.82, 2.24) is 0 Å². The van der Waals surface area contributed by atoms with Crippen LogP contribution < -0.4 is 0 Å². The molecule has 1 nitrogen and oxygen atoms in total. The zero-order valence-corrected chi connectivity index (χ0v) is 8.95. The third-order valence-electron chi connectivity index (χ3n) is 2.28. The molecule has 0 aromatic heterocycles. The summed E-state index contributed by atoms with van der Waals surface area (Å²) in [7, 11) is 0. The van der Waals surface area contributed by atoms with Gasteiger partial charge in [0, 0.05) is 10.5 Å². The molecule has 0 saturated heterocycles. The lowest BCUT2D eigenvalue weighted by molar-refractivity contribution is 0.112. The van der Waals surface area contributed by atoms with E-state index >= 15 is 0 Å². The molecule has 0 aliphatic rings. The molecule has 0 atom stereocenters. The monoisotopic (exact) mass is 214 g/mol. The minimum atomic E-state index is 0.625. The van der Waals surface area contributed by atoms with Gasteiger partial charge >= 0.3 is 0 Å². The Bertz CT molecular complexity index is 477. The molecule has 74 valence electrons. The van der Waals surface area contributed by atoms with E-state index in [9.17, 15) is 4.79 Å². The zero-order valence-electron chi connectivity index (χ0n) is 8.05. The molecule has 2 rings (SSSR count). The van der Waals surface area contributed by atoms with Crippen LogP contribution in [0.25, 0.3) is 11.1 Å². The number of benzene rings is 2. The van der Waals surface area contributed by atoms with Gasteiger partial charge in [-0.15, -0.1) is 12.6 Å². The van der Waals surface area contributed by atoms with E-state index in [2.05, 4.69) is 12.6 Å². The van der Waals surface area contributed by atoms with Gasteiger partial charge in [-0.2, -0.15) is 0 Å². The first-order chi connectivity index (χ1) is 7.33. The summed E-state index contributed by atoms with van der Waals surface area (Å²) >= 11 is 4.37. The Morgan fingerprint density at radius 2 is 1.67 bits per heavy atom. The van der Waals surface area contributed by atoms with Crippen LogP contribution in [0, 0.1) is 0 Å². The van der Waals surface area contributed by atoms with Crippen molar-refractivity contribution in [2.45, 2.75) is 4.90 Å². The van der Waals surface area contributed by atoms with E-state index in [0.29, 0.717) is 5.56 Å². The van der Waals surface area contributed by atoms with E-state index in [-0.39, 0.29) is 0 Å². The van der Waals surface area contributed by atoms with Crippen molar-refractivity contribution >= 4 is 18.9 Å². The fraction of sp³-hybridized carbons (Fsp3) is 0. The van der Waals surface area contributed by atoms with Gasteiger partial charge in [-0.05, 0) is 11.1 Å². The highest BCUT2D eigenvalue weighted by Crippen LogP contribution is 2.28. The Balaban J connectivity index is 2.59. The minimum Gasteiger partial charge on any atom is -0.298 e. The SMILES string of the molecule is O=Cc1cccc(-c2ccccc2)c1S. The van der Waals surface area contributed by atoms with Crippen LogP contribution in [0.2, 0.25) is 0 Å².